The maximum Gasteiger partial charge on any atom is 0.258 e. The molecule has 100 valence electrons. The molecule has 1 amide bonds. The Kier molecular flexibility index (Phi) is 2.86. The molecular formula is C13H8F2N4O. The van der Waals surface area contributed by atoms with Crippen LogP contribution in [0.25, 0.3) is 5.65 Å². The molecule has 0 unspecified atom stereocenters. The Morgan fingerprint density at radius 1 is 1.20 bits per heavy atom. The Balaban J connectivity index is 1.87. The first-order valence-corrected chi connectivity index (χ1v) is 5.69. The van der Waals surface area contributed by atoms with Gasteiger partial charge in [0.15, 0.2) is 5.65 Å². The number of carbonyl (C=O) groups is 1. The van der Waals surface area contributed by atoms with Gasteiger partial charge in [-0.15, -0.1) is 10.2 Å². The number of carbonyl (C=O) groups excluding carboxylic acids is 1. The van der Waals surface area contributed by atoms with E-state index in [2.05, 4.69) is 15.5 Å². The summed E-state index contributed by atoms with van der Waals surface area (Å²) in [5, 5.41) is 10.0. The van der Waals surface area contributed by atoms with Crippen LogP contribution in [-0.4, -0.2) is 20.5 Å². The second kappa shape index (κ2) is 4.69. The Labute approximate surface area is 111 Å². The summed E-state index contributed by atoms with van der Waals surface area (Å²) < 4.78 is 27.9. The fraction of sp³-hybridized carbons (Fsp3) is 0. The monoisotopic (exact) mass is 274 g/mol. The molecule has 0 atom stereocenters. The lowest BCUT2D eigenvalue weighted by molar-refractivity contribution is 0.102. The van der Waals surface area contributed by atoms with Gasteiger partial charge >= 0.3 is 0 Å². The largest absolute Gasteiger partial charge is 0.321 e. The first-order valence-electron chi connectivity index (χ1n) is 5.69. The highest BCUT2D eigenvalue weighted by Gasteiger charge is 2.12. The zero-order valence-corrected chi connectivity index (χ0v) is 10.0. The van der Waals surface area contributed by atoms with E-state index in [0.29, 0.717) is 17.4 Å². The van der Waals surface area contributed by atoms with E-state index >= 15 is 0 Å². The quantitative estimate of drug-likeness (QED) is 0.779. The van der Waals surface area contributed by atoms with Gasteiger partial charge in [0.25, 0.3) is 5.91 Å². The van der Waals surface area contributed by atoms with E-state index in [-0.39, 0.29) is 5.56 Å². The number of fused-ring (bicyclic) bond motifs is 1. The molecule has 3 rings (SSSR count). The van der Waals surface area contributed by atoms with Gasteiger partial charge in [-0.3, -0.25) is 9.20 Å². The normalized spacial score (nSPS) is 10.7. The lowest BCUT2D eigenvalue weighted by atomic mass is 10.2. The number of hydrogen-bond donors (Lipinski definition) is 1. The minimum atomic E-state index is -0.909. The standard InChI is InChI=1S/C13H8F2N4O/c14-8-1-3-10(11(15)5-8)13(20)17-9-2-4-12-18-16-7-19(12)6-9/h1-7H,(H,17,20). The summed E-state index contributed by atoms with van der Waals surface area (Å²) >= 11 is 0. The van der Waals surface area contributed by atoms with E-state index in [1.807, 2.05) is 0 Å². The van der Waals surface area contributed by atoms with Gasteiger partial charge in [-0.1, -0.05) is 0 Å². The van der Waals surface area contributed by atoms with Crippen molar-refractivity contribution in [2.45, 2.75) is 0 Å². The van der Waals surface area contributed by atoms with Gasteiger partial charge in [-0.25, -0.2) is 8.78 Å². The first-order chi connectivity index (χ1) is 9.63. The molecule has 5 nitrogen and oxygen atoms in total. The Hall–Kier alpha value is -2.83. The number of rotatable bonds is 2. The second-order valence-electron chi connectivity index (χ2n) is 4.09. The van der Waals surface area contributed by atoms with E-state index in [9.17, 15) is 13.6 Å². The number of pyridine rings is 1. The molecule has 0 aliphatic heterocycles. The van der Waals surface area contributed by atoms with Crippen LogP contribution in [0.2, 0.25) is 0 Å². The number of amides is 1. The molecule has 0 saturated heterocycles. The summed E-state index contributed by atoms with van der Waals surface area (Å²) in [5.41, 5.74) is 0.845. The van der Waals surface area contributed by atoms with Crippen LogP contribution in [-0.2, 0) is 0 Å². The highest BCUT2D eigenvalue weighted by Crippen LogP contribution is 2.14. The van der Waals surface area contributed by atoms with Gasteiger partial charge in [0.1, 0.15) is 18.0 Å². The maximum absolute atomic E-state index is 13.5. The minimum Gasteiger partial charge on any atom is -0.321 e. The average Bonchev–Trinajstić information content (AvgIpc) is 2.85. The van der Waals surface area contributed by atoms with E-state index in [1.165, 1.54) is 6.33 Å². The third kappa shape index (κ3) is 2.20. The number of benzene rings is 1. The molecule has 1 aromatic carbocycles. The van der Waals surface area contributed by atoms with Gasteiger partial charge in [0.05, 0.1) is 11.3 Å². The lowest BCUT2D eigenvalue weighted by Crippen LogP contribution is -2.14. The Morgan fingerprint density at radius 3 is 2.85 bits per heavy atom. The van der Waals surface area contributed by atoms with Gasteiger partial charge in [-0.05, 0) is 24.3 Å². The van der Waals surface area contributed by atoms with Crippen molar-refractivity contribution < 1.29 is 13.6 Å². The van der Waals surface area contributed by atoms with Crippen LogP contribution >= 0.6 is 0 Å². The third-order valence-corrected chi connectivity index (χ3v) is 2.72. The van der Waals surface area contributed by atoms with Gasteiger partial charge in [-0.2, -0.15) is 0 Å². The smallest absolute Gasteiger partial charge is 0.258 e. The van der Waals surface area contributed by atoms with Crippen molar-refractivity contribution in [1.82, 2.24) is 14.6 Å². The summed E-state index contributed by atoms with van der Waals surface area (Å²) in [6.45, 7) is 0. The summed E-state index contributed by atoms with van der Waals surface area (Å²) in [6.07, 6.45) is 3.07. The molecule has 0 bridgehead atoms. The van der Waals surface area contributed by atoms with Crippen LogP contribution in [0.5, 0.6) is 0 Å². The second-order valence-corrected chi connectivity index (χ2v) is 4.09. The zero-order valence-electron chi connectivity index (χ0n) is 10.0. The molecule has 7 heteroatoms. The van der Waals surface area contributed by atoms with Crippen LogP contribution in [0.15, 0.2) is 42.9 Å². The van der Waals surface area contributed by atoms with Crippen molar-refractivity contribution in [3.8, 4) is 0 Å². The topological polar surface area (TPSA) is 59.3 Å². The fourth-order valence-corrected chi connectivity index (χ4v) is 1.77. The van der Waals surface area contributed by atoms with Crippen LogP contribution in [0, 0.1) is 11.6 Å². The molecule has 0 aliphatic carbocycles. The molecular weight excluding hydrogens is 266 g/mol. The maximum atomic E-state index is 13.5. The van der Waals surface area contributed by atoms with Crippen LogP contribution in [0.4, 0.5) is 14.5 Å². The van der Waals surface area contributed by atoms with Gasteiger partial charge in [0, 0.05) is 12.3 Å². The number of nitrogens with zero attached hydrogens (tertiary/aromatic N) is 3. The highest BCUT2D eigenvalue weighted by atomic mass is 19.1. The summed E-state index contributed by atoms with van der Waals surface area (Å²) in [7, 11) is 0. The average molecular weight is 274 g/mol. The number of halogens is 2. The number of aromatic nitrogens is 3. The molecule has 2 aromatic heterocycles. The summed E-state index contributed by atoms with van der Waals surface area (Å²) in [6, 6.07) is 6.06. The summed E-state index contributed by atoms with van der Waals surface area (Å²) in [4.78, 5) is 11.9. The molecule has 1 N–H and O–H groups in total. The van der Waals surface area contributed by atoms with Crippen molar-refractivity contribution in [2.24, 2.45) is 0 Å². The molecule has 0 fully saturated rings. The van der Waals surface area contributed by atoms with Crippen LogP contribution in [0.3, 0.4) is 0 Å². The van der Waals surface area contributed by atoms with E-state index < -0.39 is 17.5 Å². The SMILES string of the molecule is O=C(Nc1ccc2nncn2c1)c1ccc(F)cc1F. The van der Waals surface area contributed by atoms with Crippen molar-refractivity contribution >= 4 is 17.2 Å². The third-order valence-electron chi connectivity index (χ3n) is 2.72. The van der Waals surface area contributed by atoms with Crippen molar-refractivity contribution in [3.63, 3.8) is 0 Å². The van der Waals surface area contributed by atoms with Crippen molar-refractivity contribution in [3.05, 3.63) is 60.1 Å². The van der Waals surface area contributed by atoms with E-state index in [1.54, 1.807) is 22.7 Å². The molecule has 20 heavy (non-hydrogen) atoms. The molecule has 0 aliphatic rings. The molecule has 3 aromatic rings. The number of anilines is 1. The lowest BCUT2D eigenvalue weighted by Gasteiger charge is -2.06. The molecule has 0 radical (unpaired) electrons. The number of nitrogens with one attached hydrogen (secondary N) is 1. The molecule has 0 spiro atoms. The van der Waals surface area contributed by atoms with Gasteiger partial charge < -0.3 is 5.32 Å². The minimum absolute atomic E-state index is 0.227. The van der Waals surface area contributed by atoms with Crippen LogP contribution < -0.4 is 5.32 Å². The van der Waals surface area contributed by atoms with Crippen molar-refractivity contribution in [2.75, 3.05) is 5.32 Å². The van der Waals surface area contributed by atoms with Crippen molar-refractivity contribution in [1.29, 1.82) is 0 Å². The number of hydrogen-bond acceptors (Lipinski definition) is 3. The predicted molar refractivity (Wildman–Crippen MR) is 67.3 cm³/mol. The van der Waals surface area contributed by atoms with E-state index in [0.717, 1.165) is 12.1 Å². The molecule has 0 saturated carbocycles. The predicted octanol–water partition coefficient (Wildman–Crippen LogP) is 2.26. The first kappa shape index (κ1) is 12.2. The summed E-state index contributed by atoms with van der Waals surface area (Å²) in [5.74, 6) is -2.30. The van der Waals surface area contributed by atoms with E-state index in [4.69, 9.17) is 0 Å². The Morgan fingerprint density at radius 2 is 2.05 bits per heavy atom. The molecule has 2 heterocycles. The fourth-order valence-electron chi connectivity index (χ4n) is 1.77. The van der Waals surface area contributed by atoms with Gasteiger partial charge in [0.2, 0.25) is 0 Å². The Bertz CT molecular complexity index is 800. The highest BCUT2D eigenvalue weighted by molar-refractivity contribution is 6.04. The zero-order chi connectivity index (χ0) is 14.1. The van der Waals surface area contributed by atoms with Crippen LogP contribution in [0.1, 0.15) is 10.4 Å².